The van der Waals surface area contributed by atoms with Gasteiger partial charge < -0.3 is 23.8 Å². The zero-order valence-corrected chi connectivity index (χ0v) is 15.2. The maximum atomic E-state index is 12.5. The van der Waals surface area contributed by atoms with Crippen molar-refractivity contribution >= 4 is 28.3 Å². The smallest absolute Gasteiger partial charge is 0.316 e. The molecule has 0 unspecified atom stereocenters. The van der Waals surface area contributed by atoms with Gasteiger partial charge in [0.2, 0.25) is 0 Å². The third kappa shape index (κ3) is 2.83. The highest BCUT2D eigenvalue weighted by molar-refractivity contribution is 6.05. The first kappa shape index (κ1) is 17.1. The van der Waals surface area contributed by atoms with Crippen molar-refractivity contribution in [3.8, 4) is 0 Å². The molecule has 8 heteroatoms. The molecule has 2 aromatic heterocycles. The highest BCUT2D eigenvalue weighted by Gasteiger charge is 2.21. The first-order valence-corrected chi connectivity index (χ1v) is 8.81. The molecule has 3 heterocycles. The molecule has 1 amide bonds. The number of rotatable bonds is 3. The number of aryl methyl sites for hydroxylation is 2. The molecule has 1 saturated heterocycles. The van der Waals surface area contributed by atoms with E-state index in [4.69, 9.17) is 4.42 Å². The molecule has 1 aliphatic heterocycles. The zero-order valence-electron chi connectivity index (χ0n) is 15.2. The van der Waals surface area contributed by atoms with Crippen molar-refractivity contribution in [2.75, 3.05) is 23.3 Å². The lowest BCUT2D eigenvalue weighted by Crippen LogP contribution is -2.39. The van der Waals surface area contributed by atoms with Crippen LogP contribution in [0.3, 0.4) is 0 Å². The van der Waals surface area contributed by atoms with E-state index in [0.717, 1.165) is 31.6 Å². The number of furan rings is 1. The van der Waals surface area contributed by atoms with Crippen LogP contribution in [0.1, 0.15) is 23.4 Å². The molecular formula is C19H20N4O4. The lowest BCUT2D eigenvalue weighted by Gasteiger charge is -2.23. The van der Waals surface area contributed by atoms with E-state index < -0.39 is 11.1 Å². The summed E-state index contributed by atoms with van der Waals surface area (Å²) in [5.74, 6) is -0.161. The second kappa shape index (κ2) is 6.46. The number of hydrogen-bond acceptors (Lipinski definition) is 5. The van der Waals surface area contributed by atoms with Gasteiger partial charge in [-0.1, -0.05) is 0 Å². The van der Waals surface area contributed by atoms with Crippen molar-refractivity contribution in [1.82, 2.24) is 9.13 Å². The van der Waals surface area contributed by atoms with Crippen molar-refractivity contribution in [3.63, 3.8) is 0 Å². The summed E-state index contributed by atoms with van der Waals surface area (Å²) in [6.45, 7) is 1.74. The number of fused-ring (bicyclic) bond motifs is 1. The minimum Gasteiger partial charge on any atom is -0.459 e. The molecule has 1 aliphatic rings. The summed E-state index contributed by atoms with van der Waals surface area (Å²) in [7, 11) is 3.14. The topological polar surface area (TPSA) is 89.5 Å². The lowest BCUT2D eigenvalue weighted by atomic mass is 10.2. The molecular weight excluding hydrogens is 348 g/mol. The molecule has 0 saturated carbocycles. The number of carbonyl (C=O) groups excluding carboxylic acids is 1. The number of nitrogens with one attached hydrogen (secondary N) is 1. The summed E-state index contributed by atoms with van der Waals surface area (Å²) in [5, 5.41) is 2.89. The Hall–Kier alpha value is -3.29. The average molecular weight is 368 g/mol. The average Bonchev–Trinajstić information content (AvgIpc) is 3.38. The van der Waals surface area contributed by atoms with Crippen molar-refractivity contribution in [1.29, 1.82) is 0 Å². The SMILES string of the molecule is Cn1c(=O)c(=O)n(C)c2cc(N3CCCC3)c(NC(=O)c3ccco3)cc21. The minimum absolute atomic E-state index is 0.205. The second-order valence-corrected chi connectivity index (χ2v) is 6.71. The quantitative estimate of drug-likeness (QED) is 0.711. The summed E-state index contributed by atoms with van der Waals surface area (Å²) in [5.41, 5.74) is 1.43. The fourth-order valence-corrected chi connectivity index (χ4v) is 3.52. The van der Waals surface area contributed by atoms with E-state index in [-0.39, 0.29) is 11.7 Å². The van der Waals surface area contributed by atoms with Crippen molar-refractivity contribution in [2.45, 2.75) is 12.8 Å². The molecule has 0 aliphatic carbocycles. The van der Waals surface area contributed by atoms with E-state index >= 15 is 0 Å². The Morgan fingerprint density at radius 3 is 2.26 bits per heavy atom. The van der Waals surface area contributed by atoms with Gasteiger partial charge in [0.05, 0.1) is 28.7 Å². The maximum Gasteiger partial charge on any atom is 0.316 e. The van der Waals surface area contributed by atoms with Crippen LogP contribution in [0.15, 0.2) is 44.5 Å². The summed E-state index contributed by atoms with van der Waals surface area (Å²) in [4.78, 5) is 39.0. The van der Waals surface area contributed by atoms with E-state index in [1.807, 2.05) is 6.07 Å². The van der Waals surface area contributed by atoms with Crippen LogP contribution in [0, 0.1) is 0 Å². The molecule has 0 atom stereocenters. The maximum absolute atomic E-state index is 12.5. The first-order chi connectivity index (χ1) is 13.0. The van der Waals surface area contributed by atoms with Gasteiger partial charge in [0.15, 0.2) is 5.76 Å². The summed E-state index contributed by atoms with van der Waals surface area (Å²) in [6, 6.07) is 6.84. The molecule has 1 N–H and O–H groups in total. The van der Waals surface area contributed by atoms with Crippen LogP contribution < -0.4 is 21.3 Å². The van der Waals surface area contributed by atoms with E-state index in [1.54, 1.807) is 32.3 Å². The number of benzene rings is 1. The Morgan fingerprint density at radius 1 is 1.04 bits per heavy atom. The van der Waals surface area contributed by atoms with Crippen LogP contribution >= 0.6 is 0 Å². The molecule has 0 spiro atoms. The van der Waals surface area contributed by atoms with Crippen molar-refractivity contribution < 1.29 is 9.21 Å². The van der Waals surface area contributed by atoms with Gasteiger partial charge >= 0.3 is 11.1 Å². The lowest BCUT2D eigenvalue weighted by molar-refractivity contribution is 0.0996. The van der Waals surface area contributed by atoms with Gasteiger partial charge in [-0.05, 0) is 37.1 Å². The van der Waals surface area contributed by atoms with E-state index in [2.05, 4.69) is 10.2 Å². The Kier molecular flexibility index (Phi) is 4.10. The largest absolute Gasteiger partial charge is 0.459 e. The second-order valence-electron chi connectivity index (χ2n) is 6.71. The number of hydrogen-bond donors (Lipinski definition) is 1. The number of anilines is 2. The first-order valence-electron chi connectivity index (χ1n) is 8.81. The summed E-state index contributed by atoms with van der Waals surface area (Å²) in [6.07, 6.45) is 3.57. The van der Waals surface area contributed by atoms with Crippen LogP contribution in [0.2, 0.25) is 0 Å². The van der Waals surface area contributed by atoms with Crippen LogP contribution in [-0.4, -0.2) is 28.1 Å². The van der Waals surface area contributed by atoms with Crippen molar-refractivity contribution in [3.05, 3.63) is 57.0 Å². The van der Waals surface area contributed by atoms with Crippen molar-refractivity contribution in [2.24, 2.45) is 14.1 Å². The number of carbonyl (C=O) groups is 1. The predicted molar refractivity (Wildman–Crippen MR) is 103 cm³/mol. The van der Waals surface area contributed by atoms with Crippen LogP contribution in [0.25, 0.3) is 11.0 Å². The van der Waals surface area contributed by atoms with Crippen LogP contribution in [0.5, 0.6) is 0 Å². The van der Waals surface area contributed by atoms with Gasteiger partial charge in [-0.15, -0.1) is 0 Å². The number of aromatic nitrogens is 2. The van der Waals surface area contributed by atoms with E-state index in [1.165, 1.54) is 15.4 Å². The third-order valence-corrected chi connectivity index (χ3v) is 5.05. The van der Waals surface area contributed by atoms with E-state index in [0.29, 0.717) is 16.7 Å². The molecule has 140 valence electrons. The van der Waals surface area contributed by atoms with Crippen LogP contribution in [-0.2, 0) is 14.1 Å². The molecule has 8 nitrogen and oxygen atoms in total. The Labute approximate surface area is 154 Å². The molecule has 4 rings (SSSR count). The van der Waals surface area contributed by atoms with Gasteiger partial charge in [-0.2, -0.15) is 0 Å². The van der Waals surface area contributed by atoms with E-state index in [9.17, 15) is 14.4 Å². The Morgan fingerprint density at radius 2 is 1.67 bits per heavy atom. The molecule has 3 aromatic rings. The molecule has 1 fully saturated rings. The van der Waals surface area contributed by atoms with Gasteiger partial charge in [-0.3, -0.25) is 14.4 Å². The zero-order chi connectivity index (χ0) is 19.1. The highest BCUT2D eigenvalue weighted by atomic mass is 16.3. The highest BCUT2D eigenvalue weighted by Crippen LogP contribution is 2.33. The van der Waals surface area contributed by atoms with Gasteiger partial charge in [-0.25, -0.2) is 0 Å². The van der Waals surface area contributed by atoms with Gasteiger partial charge in [0, 0.05) is 27.2 Å². The normalized spacial score (nSPS) is 14.1. The van der Waals surface area contributed by atoms with Gasteiger partial charge in [0.1, 0.15) is 0 Å². The summed E-state index contributed by atoms with van der Waals surface area (Å²) >= 11 is 0. The third-order valence-electron chi connectivity index (χ3n) is 5.05. The summed E-state index contributed by atoms with van der Waals surface area (Å²) < 4.78 is 7.84. The Bertz CT molecular complexity index is 1140. The fraction of sp³-hybridized carbons (Fsp3) is 0.316. The Balaban J connectivity index is 1.92. The molecule has 1 aromatic carbocycles. The number of amides is 1. The fourth-order valence-electron chi connectivity index (χ4n) is 3.52. The molecule has 27 heavy (non-hydrogen) atoms. The molecule has 0 bridgehead atoms. The number of nitrogens with zero attached hydrogens (tertiary/aromatic N) is 3. The van der Waals surface area contributed by atoms with Gasteiger partial charge in [0.25, 0.3) is 5.91 Å². The standard InChI is InChI=1S/C19H20N4O4/c1-21-14-10-12(20-17(24)16-6-5-9-27-16)13(23-7-3-4-8-23)11-15(14)22(2)19(26)18(21)25/h5-6,9-11H,3-4,7-8H2,1-2H3,(H,20,24). The van der Waals surface area contributed by atoms with Crippen LogP contribution in [0.4, 0.5) is 11.4 Å². The predicted octanol–water partition coefficient (Wildman–Crippen LogP) is 1.68. The monoisotopic (exact) mass is 368 g/mol. The minimum atomic E-state index is -0.609. The molecule has 0 radical (unpaired) electrons.